The number of urea groups is 1. The molecule has 0 saturated carbocycles. The number of methoxy groups -OCH3 is 1. The summed E-state index contributed by atoms with van der Waals surface area (Å²) in [6.07, 6.45) is 11.3. The number of amides is 6. The minimum Gasteiger partial charge on any atom is -0.497 e. The number of amidine groups is 1. The van der Waals surface area contributed by atoms with E-state index in [1.165, 1.54) is 116 Å². The lowest BCUT2D eigenvalue weighted by molar-refractivity contribution is -0.131. The first-order valence-electron chi connectivity index (χ1n) is 31.7. The number of esters is 1. The van der Waals surface area contributed by atoms with Crippen LogP contribution in [0.2, 0.25) is 25.1 Å². The first-order valence-corrected chi connectivity index (χ1v) is 34.5. The van der Waals surface area contributed by atoms with Crippen LogP contribution >= 0.6 is 69.8 Å². The topological polar surface area (TPSA) is 205 Å². The maximum absolute atomic E-state index is 14.1. The lowest BCUT2D eigenvalue weighted by Gasteiger charge is -2.25. The first-order chi connectivity index (χ1) is 46.2. The van der Waals surface area contributed by atoms with Crippen LogP contribution in [-0.2, 0) is 30.5 Å². The number of unbranched alkanes of at least 4 members (excludes halogenated alkanes) is 9. The molecule has 2 heterocycles. The molecule has 2 saturated heterocycles. The van der Waals surface area contributed by atoms with E-state index in [1.807, 2.05) is 100 Å². The van der Waals surface area contributed by atoms with E-state index >= 15 is 0 Å². The quantitative estimate of drug-likeness (QED) is 0.0132. The number of anilines is 3. The number of aryl methyl sites for hydroxylation is 3. The molecule has 3 unspecified atom stereocenters. The molecule has 0 aromatic heterocycles. The van der Waals surface area contributed by atoms with Crippen LogP contribution in [0.1, 0.15) is 127 Å². The van der Waals surface area contributed by atoms with Gasteiger partial charge in [0.05, 0.1) is 56.4 Å². The maximum Gasteiger partial charge on any atom is 0.338 e. The van der Waals surface area contributed by atoms with Crippen molar-refractivity contribution >= 4 is 140 Å². The Morgan fingerprint density at radius 3 is 1.94 bits per heavy atom. The molecule has 23 heteroatoms. The third kappa shape index (κ3) is 19.8. The molecule has 7 aromatic carbocycles. The highest BCUT2D eigenvalue weighted by atomic mass is 35.5. The Morgan fingerprint density at radius 2 is 1.27 bits per heavy atom. The number of nitrogens with zero attached hydrogens (tertiary/aromatic N) is 4. The molecule has 2 fully saturated rings. The van der Waals surface area contributed by atoms with Crippen LogP contribution in [0.5, 0.6) is 11.5 Å². The number of ether oxygens (including phenoxy) is 3. The van der Waals surface area contributed by atoms with Crippen molar-refractivity contribution in [1.29, 1.82) is 0 Å². The van der Waals surface area contributed by atoms with E-state index in [-0.39, 0.29) is 69.1 Å². The van der Waals surface area contributed by atoms with E-state index in [0.717, 1.165) is 41.5 Å². The van der Waals surface area contributed by atoms with Gasteiger partial charge in [0, 0.05) is 22.0 Å². The normalized spacial score (nSPS) is 14.6. The molecule has 6 amide bonds. The van der Waals surface area contributed by atoms with Crippen LogP contribution in [0.4, 0.5) is 27.5 Å². The number of hydrogen-bond donors (Lipinski definition) is 3. The summed E-state index contributed by atoms with van der Waals surface area (Å²) in [6, 6.07) is 38.2. The fourth-order valence-electron chi connectivity index (χ4n) is 10.6. The smallest absolute Gasteiger partial charge is 0.338 e. The van der Waals surface area contributed by atoms with Gasteiger partial charge in [0.15, 0.2) is 17.9 Å². The molecule has 96 heavy (non-hydrogen) atoms. The molecule has 2 aliphatic heterocycles. The Morgan fingerprint density at radius 1 is 0.656 bits per heavy atom. The fraction of sp³-hybridized carbons (Fsp3) is 0.315. The van der Waals surface area contributed by atoms with Gasteiger partial charge < -0.3 is 29.7 Å². The van der Waals surface area contributed by atoms with Crippen LogP contribution in [0.15, 0.2) is 155 Å². The zero-order valence-corrected chi connectivity index (χ0v) is 58.8. The Kier molecular flexibility index (Phi) is 27.5. The molecule has 504 valence electrons. The first kappa shape index (κ1) is 73.7. The van der Waals surface area contributed by atoms with Crippen LogP contribution in [0.25, 0.3) is 0 Å². The van der Waals surface area contributed by atoms with Crippen molar-refractivity contribution in [3.63, 3.8) is 0 Å². The summed E-state index contributed by atoms with van der Waals surface area (Å²) in [7, 11) is 1.47. The average molecular weight is 1420 g/mol. The average Bonchev–Trinajstić information content (AvgIpc) is 1.65. The number of halogens is 5. The largest absolute Gasteiger partial charge is 0.497 e. The van der Waals surface area contributed by atoms with Gasteiger partial charge in [-0.2, -0.15) is 0 Å². The summed E-state index contributed by atoms with van der Waals surface area (Å²) < 4.78 is 16.8. The van der Waals surface area contributed by atoms with Gasteiger partial charge in [0.1, 0.15) is 34.8 Å². The number of Topliss-reactive ketones (excluding diaryl/α,β-unsaturated/α-hetero) is 1. The van der Waals surface area contributed by atoms with Crippen molar-refractivity contribution in [2.45, 2.75) is 134 Å². The molecule has 7 aromatic rings. The lowest BCUT2D eigenvalue weighted by atomic mass is 10.0. The number of imide groups is 1. The van der Waals surface area contributed by atoms with Gasteiger partial charge in [-0.15, -0.1) is 11.8 Å². The number of nitrogens with one attached hydrogen (secondary N) is 3. The van der Waals surface area contributed by atoms with Gasteiger partial charge >= 0.3 is 12.0 Å². The Balaban J connectivity index is 0.000000246. The van der Waals surface area contributed by atoms with Crippen molar-refractivity contribution < 1.29 is 47.8 Å². The summed E-state index contributed by atoms with van der Waals surface area (Å²) in [5, 5.41) is 7.15. The van der Waals surface area contributed by atoms with Gasteiger partial charge in [0.25, 0.3) is 23.6 Å². The molecule has 3 atom stereocenters. The highest BCUT2D eigenvalue weighted by molar-refractivity contribution is 8.01. The number of carbonyl (C=O) groups excluding carboxylic acids is 7. The third-order valence-electron chi connectivity index (χ3n) is 15.7. The standard InChI is InChI=1S/C39H46ClN3O7.C34H30Cl4N4O3S/c1-3-4-5-6-7-8-9-10-11-15-24-50-38(47)30-20-23-32(40)33(25-30)41-37(46)35(36(45)29-18-21-31(49-2)22-19-29)43-34(44)27-42(39(43)48)26-28-16-13-12-14-17-28;1-5-27(45-28-13-11-18(2)14-20(28)4)33(43)40-25-8-6-7-9-29(25)46-31-32(39-26-15-19(3)10-12-22(26)36)41-42(34(31)44)30-23(37)16-21(35)17-24(30)38/h12-14,16-23,25,35H,3-11,15,24,26-27H2,1-2H3,(H,41,46);6-17,27,31H,5H2,1-4H3,(H,39,41)(H,40,43). The molecule has 9 rings (SSSR count). The minimum absolute atomic E-state index is 0.0258. The van der Waals surface area contributed by atoms with E-state index in [1.54, 1.807) is 30.3 Å². The van der Waals surface area contributed by atoms with Crippen molar-refractivity contribution in [2.75, 3.05) is 35.9 Å². The Bertz CT molecular complexity index is 3950. The number of ketones is 1. The van der Waals surface area contributed by atoms with Crippen molar-refractivity contribution in [1.82, 2.24) is 15.2 Å². The molecule has 0 radical (unpaired) electrons. The van der Waals surface area contributed by atoms with Crippen LogP contribution < -0.4 is 30.5 Å². The van der Waals surface area contributed by atoms with Gasteiger partial charge in [-0.05, 0) is 135 Å². The number of rotatable bonds is 29. The van der Waals surface area contributed by atoms with Gasteiger partial charge in [0.2, 0.25) is 0 Å². The molecular formula is C73H76Cl5N7O10S. The van der Waals surface area contributed by atoms with Crippen LogP contribution in [-0.4, -0.2) is 94.7 Å². The van der Waals surface area contributed by atoms with Crippen molar-refractivity contribution in [2.24, 2.45) is 4.99 Å². The number of hydrazine groups is 1. The van der Waals surface area contributed by atoms with E-state index in [9.17, 15) is 33.6 Å². The highest BCUT2D eigenvalue weighted by Gasteiger charge is 2.47. The third-order valence-corrected chi connectivity index (χ3v) is 18.4. The molecule has 0 aliphatic carbocycles. The van der Waals surface area contributed by atoms with Gasteiger partial charge in [-0.25, -0.2) is 24.5 Å². The van der Waals surface area contributed by atoms with Gasteiger partial charge in [-0.3, -0.25) is 29.4 Å². The monoisotopic (exact) mass is 1420 g/mol. The van der Waals surface area contributed by atoms with E-state index < -0.39 is 47.0 Å². The number of thioether (sulfide) groups is 1. The molecular weight excluding hydrogens is 1340 g/mol. The minimum atomic E-state index is -1.85. The van der Waals surface area contributed by atoms with E-state index in [2.05, 4.69) is 23.0 Å². The lowest BCUT2D eigenvalue weighted by Crippen LogP contribution is -2.52. The molecule has 3 N–H and O–H groups in total. The molecule has 17 nitrogen and oxygen atoms in total. The second-order valence-corrected chi connectivity index (χ2v) is 26.3. The molecule has 2 aliphatic rings. The van der Waals surface area contributed by atoms with Crippen LogP contribution in [0, 0.1) is 20.8 Å². The Hall–Kier alpha value is -8.10. The van der Waals surface area contributed by atoms with Gasteiger partial charge in [-0.1, -0.05) is 196 Å². The zero-order valence-electron chi connectivity index (χ0n) is 54.2. The highest BCUT2D eigenvalue weighted by Crippen LogP contribution is 2.42. The summed E-state index contributed by atoms with van der Waals surface area (Å²) in [6.45, 7) is 10.0. The number of aliphatic imine (C=N–C) groups is 1. The van der Waals surface area contributed by atoms with E-state index in [4.69, 9.17) is 77.2 Å². The second-order valence-electron chi connectivity index (χ2n) is 23.1. The summed E-state index contributed by atoms with van der Waals surface area (Å²) in [5.41, 5.74) is 8.35. The fourth-order valence-corrected chi connectivity index (χ4v) is 13.0. The summed E-state index contributed by atoms with van der Waals surface area (Å²) in [4.78, 5) is 102. The molecule has 0 spiro atoms. The SMILES string of the molecule is CCC(Oc1ccc(C)cc1C)C(=O)Nc1ccccc1SC1C(=O)N(c2c(Cl)cc(Cl)cc2Cl)NC1=Nc1cc(C)ccc1Cl.CCCCCCCCCCCCOC(=O)c1ccc(Cl)c(NC(=O)C(C(=O)c2ccc(OC)cc2)N2C(=O)CN(Cc3ccccc3)C2=O)c1. The number of hydrogen-bond acceptors (Lipinski definition) is 12. The summed E-state index contributed by atoms with van der Waals surface area (Å²) in [5.74, 6) is -2.30. The predicted molar refractivity (Wildman–Crippen MR) is 383 cm³/mol. The second kappa shape index (κ2) is 35.8. The summed E-state index contributed by atoms with van der Waals surface area (Å²) >= 11 is 33.3. The predicted octanol–water partition coefficient (Wildman–Crippen LogP) is 17.8. The number of carbonyl (C=O) groups is 7. The number of benzene rings is 7. The Labute approximate surface area is 589 Å². The molecule has 0 bridgehead atoms. The van der Waals surface area contributed by atoms with Crippen LogP contribution in [0.3, 0.4) is 0 Å². The zero-order chi connectivity index (χ0) is 69.0. The number of para-hydroxylation sites is 1. The maximum atomic E-state index is 14.1. The van der Waals surface area contributed by atoms with Crippen molar-refractivity contribution in [3.05, 3.63) is 204 Å². The van der Waals surface area contributed by atoms with E-state index in [0.29, 0.717) is 55.0 Å². The van der Waals surface area contributed by atoms with Crippen molar-refractivity contribution in [3.8, 4) is 11.5 Å².